The number of aryl methyl sites for hydroxylation is 1. The maximum Gasteiger partial charge on any atom is 0.408 e. The second-order valence-electron chi connectivity index (χ2n) is 6.60. The second kappa shape index (κ2) is 7.39. The van der Waals surface area contributed by atoms with Gasteiger partial charge in [0.1, 0.15) is 0 Å². The number of nitrogens with one attached hydrogen (secondary N) is 1. The van der Waals surface area contributed by atoms with Crippen LogP contribution >= 0.6 is 0 Å². The van der Waals surface area contributed by atoms with Crippen LogP contribution in [-0.4, -0.2) is 6.09 Å². The molecular weight excluding hydrogens is 334 g/mol. The summed E-state index contributed by atoms with van der Waals surface area (Å²) in [4.78, 5) is 11.9. The Hall–Kier alpha value is -3.51. The van der Waals surface area contributed by atoms with Gasteiger partial charge in [-0.05, 0) is 42.3 Å². The molecule has 27 heavy (non-hydrogen) atoms. The van der Waals surface area contributed by atoms with Crippen molar-refractivity contribution >= 4 is 6.09 Å². The van der Waals surface area contributed by atoms with E-state index in [1.165, 1.54) is 0 Å². The molecule has 0 aliphatic carbocycles. The highest BCUT2D eigenvalue weighted by Gasteiger charge is 2.36. The molecule has 3 nitrogen and oxygen atoms in total. The summed E-state index contributed by atoms with van der Waals surface area (Å²) in [5.74, 6) is 6.37. The van der Waals surface area contributed by atoms with E-state index in [4.69, 9.17) is 4.74 Å². The van der Waals surface area contributed by atoms with E-state index in [1.54, 1.807) is 0 Å². The van der Waals surface area contributed by atoms with E-state index in [1.807, 2.05) is 79.7 Å². The number of carbonyl (C=O) groups is 1. The van der Waals surface area contributed by atoms with E-state index < -0.39 is 6.09 Å². The van der Waals surface area contributed by atoms with Crippen molar-refractivity contribution in [1.82, 2.24) is 5.32 Å². The van der Waals surface area contributed by atoms with Crippen molar-refractivity contribution in [2.45, 2.75) is 19.1 Å². The van der Waals surface area contributed by atoms with Crippen LogP contribution in [0.3, 0.4) is 0 Å². The Morgan fingerprint density at radius 2 is 1.52 bits per heavy atom. The summed E-state index contributed by atoms with van der Waals surface area (Å²) < 4.78 is 5.55. The predicted molar refractivity (Wildman–Crippen MR) is 105 cm³/mol. The minimum absolute atomic E-state index is 0.238. The molecule has 0 radical (unpaired) electrons. The molecule has 1 saturated heterocycles. The van der Waals surface area contributed by atoms with Gasteiger partial charge in [-0.25, -0.2) is 4.79 Å². The van der Waals surface area contributed by atoms with Gasteiger partial charge >= 0.3 is 6.09 Å². The second-order valence-corrected chi connectivity index (χ2v) is 6.60. The van der Waals surface area contributed by atoms with Crippen LogP contribution in [0, 0.1) is 18.8 Å². The largest absolute Gasteiger partial charge is 0.439 e. The molecule has 0 bridgehead atoms. The first-order valence-corrected chi connectivity index (χ1v) is 8.90. The third-order valence-electron chi connectivity index (χ3n) is 4.55. The SMILES string of the molecule is Cc1cccc([C@H]2OC(=O)N[C@H]2c2cccc(C#Cc3ccccc3)c2)c1. The Morgan fingerprint density at radius 1 is 0.815 bits per heavy atom. The van der Waals surface area contributed by atoms with Crippen molar-refractivity contribution in [1.29, 1.82) is 0 Å². The quantitative estimate of drug-likeness (QED) is 0.664. The molecule has 0 saturated carbocycles. The highest BCUT2D eigenvalue weighted by atomic mass is 16.6. The summed E-state index contributed by atoms with van der Waals surface area (Å²) in [5, 5.41) is 2.93. The van der Waals surface area contributed by atoms with E-state index in [0.717, 1.165) is 27.8 Å². The van der Waals surface area contributed by atoms with Crippen LogP contribution < -0.4 is 5.32 Å². The number of alkyl carbamates (subject to hydrolysis) is 1. The Balaban J connectivity index is 1.64. The van der Waals surface area contributed by atoms with Gasteiger partial charge in [0.15, 0.2) is 6.10 Å². The zero-order chi connectivity index (χ0) is 18.6. The summed E-state index contributed by atoms with van der Waals surface area (Å²) >= 11 is 0. The van der Waals surface area contributed by atoms with Crippen LogP contribution in [-0.2, 0) is 4.74 Å². The Labute approximate surface area is 159 Å². The minimum atomic E-state index is -0.396. The van der Waals surface area contributed by atoms with Crippen molar-refractivity contribution in [3.8, 4) is 11.8 Å². The van der Waals surface area contributed by atoms with E-state index in [2.05, 4.69) is 23.2 Å². The zero-order valence-corrected chi connectivity index (χ0v) is 15.0. The lowest BCUT2D eigenvalue weighted by Crippen LogP contribution is -2.19. The molecule has 4 rings (SSSR count). The number of hydrogen-bond donors (Lipinski definition) is 1. The van der Waals surface area contributed by atoms with Gasteiger partial charge in [0.05, 0.1) is 6.04 Å². The monoisotopic (exact) mass is 353 g/mol. The normalized spacial score (nSPS) is 18.2. The maximum absolute atomic E-state index is 11.9. The minimum Gasteiger partial charge on any atom is -0.439 e. The first-order chi connectivity index (χ1) is 13.2. The third kappa shape index (κ3) is 3.86. The fourth-order valence-corrected chi connectivity index (χ4v) is 3.26. The molecular formula is C24H19NO2. The molecule has 1 aliphatic rings. The molecule has 3 aromatic rings. The highest BCUT2D eigenvalue weighted by molar-refractivity contribution is 5.71. The lowest BCUT2D eigenvalue weighted by atomic mass is 9.94. The summed E-state index contributed by atoms with van der Waals surface area (Å²) in [6.07, 6.45) is -0.748. The number of cyclic esters (lactones) is 1. The van der Waals surface area contributed by atoms with Gasteiger partial charge in [-0.2, -0.15) is 0 Å². The molecule has 3 aromatic carbocycles. The number of ether oxygens (including phenoxy) is 1. The average Bonchev–Trinajstić information content (AvgIpc) is 3.09. The number of carbonyl (C=O) groups excluding carboxylic acids is 1. The average molecular weight is 353 g/mol. The fraction of sp³-hybridized carbons (Fsp3) is 0.125. The summed E-state index contributed by atoms with van der Waals surface area (Å²) in [6, 6.07) is 25.6. The number of rotatable bonds is 2. The topological polar surface area (TPSA) is 38.3 Å². The molecule has 0 unspecified atom stereocenters. The van der Waals surface area contributed by atoms with Gasteiger partial charge in [0, 0.05) is 11.1 Å². The van der Waals surface area contributed by atoms with Crippen LogP contribution in [0.25, 0.3) is 0 Å². The van der Waals surface area contributed by atoms with Gasteiger partial charge in [0.2, 0.25) is 0 Å². The van der Waals surface area contributed by atoms with Gasteiger partial charge in [0.25, 0.3) is 0 Å². The van der Waals surface area contributed by atoms with E-state index >= 15 is 0 Å². The molecule has 1 amide bonds. The smallest absolute Gasteiger partial charge is 0.408 e. The molecule has 2 atom stereocenters. The first-order valence-electron chi connectivity index (χ1n) is 8.90. The van der Waals surface area contributed by atoms with Crippen molar-refractivity contribution in [2.75, 3.05) is 0 Å². The van der Waals surface area contributed by atoms with Crippen molar-refractivity contribution in [3.63, 3.8) is 0 Å². The lowest BCUT2D eigenvalue weighted by Gasteiger charge is -2.18. The summed E-state index contributed by atoms with van der Waals surface area (Å²) in [6.45, 7) is 2.03. The van der Waals surface area contributed by atoms with Crippen molar-refractivity contribution in [2.24, 2.45) is 0 Å². The summed E-state index contributed by atoms with van der Waals surface area (Å²) in [5.41, 5.74) is 4.97. The Kier molecular flexibility index (Phi) is 4.63. The molecule has 1 heterocycles. The molecule has 0 aromatic heterocycles. The van der Waals surface area contributed by atoms with E-state index in [-0.39, 0.29) is 12.1 Å². The summed E-state index contributed by atoms with van der Waals surface area (Å²) in [7, 11) is 0. The van der Waals surface area contributed by atoms with Crippen LogP contribution in [0.1, 0.15) is 40.0 Å². The zero-order valence-electron chi connectivity index (χ0n) is 15.0. The maximum atomic E-state index is 11.9. The van der Waals surface area contributed by atoms with E-state index in [9.17, 15) is 4.79 Å². The van der Waals surface area contributed by atoms with Gasteiger partial charge < -0.3 is 10.1 Å². The predicted octanol–water partition coefficient (Wildman–Crippen LogP) is 4.92. The molecule has 1 N–H and O–H groups in total. The van der Waals surface area contributed by atoms with Crippen LogP contribution in [0.4, 0.5) is 4.79 Å². The van der Waals surface area contributed by atoms with Crippen LogP contribution in [0.15, 0.2) is 78.9 Å². The first kappa shape index (κ1) is 16.9. The van der Waals surface area contributed by atoms with Gasteiger partial charge in [-0.3, -0.25) is 0 Å². The van der Waals surface area contributed by atoms with Gasteiger partial charge in [-0.15, -0.1) is 0 Å². The van der Waals surface area contributed by atoms with Gasteiger partial charge in [-0.1, -0.05) is 72.0 Å². The molecule has 0 spiro atoms. The molecule has 3 heteroatoms. The van der Waals surface area contributed by atoms with Crippen LogP contribution in [0.2, 0.25) is 0 Å². The highest BCUT2D eigenvalue weighted by Crippen LogP contribution is 2.37. The third-order valence-corrected chi connectivity index (χ3v) is 4.55. The molecule has 1 aliphatic heterocycles. The molecule has 132 valence electrons. The van der Waals surface area contributed by atoms with Crippen LogP contribution in [0.5, 0.6) is 0 Å². The number of hydrogen-bond acceptors (Lipinski definition) is 2. The Bertz CT molecular complexity index is 1030. The fourth-order valence-electron chi connectivity index (χ4n) is 3.26. The van der Waals surface area contributed by atoms with Crippen molar-refractivity contribution in [3.05, 3.63) is 107 Å². The Morgan fingerprint density at radius 3 is 2.33 bits per heavy atom. The van der Waals surface area contributed by atoms with Crippen molar-refractivity contribution < 1.29 is 9.53 Å². The lowest BCUT2D eigenvalue weighted by molar-refractivity contribution is 0.132. The number of benzene rings is 3. The molecule has 1 fully saturated rings. The van der Waals surface area contributed by atoms with E-state index in [0.29, 0.717) is 0 Å². The standard InChI is InChI=1S/C24H19NO2/c1-17-7-5-12-21(15-17)23-22(25-24(26)27-23)20-11-6-10-19(16-20)14-13-18-8-3-2-4-9-18/h2-12,15-16,22-23H,1H3,(H,25,26)/t22-,23+/m0/s1. The number of amides is 1.